The van der Waals surface area contributed by atoms with E-state index in [1.165, 1.54) is 11.1 Å². The van der Waals surface area contributed by atoms with Crippen molar-refractivity contribution in [3.63, 3.8) is 0 Å². The summed E-state index contributed by atoms with van der Waals surface area (Å²) in [6.07, 6.45) is 1.21. The van der Waals surface area contributed by atoms with E-state index in [2.05, 4.69) is 28.0 Å². The molecule has 0 amide bonds. The first kappa shape index (κ1) is 18.1. The third-order valence-electron chi connectivity index (χ3n) is 5.95. The van der Waals surface area contributed by atoms with E-state index in [-0.39, 0.29) is 12.1 Å². The van der Waals surface area contributed by atoms with Gasteiger partial charge in [0, 0.05) is 38.6 Å². The molecule has 0 radical (unpaired) electrons. The normalized spacial score (nSPS) is 23.0. The number of benzene rings is 2. The summed E-state index contributed by atoms with van der Waals surface area (Å²) < 4.78 is 11.1. The average molecular weight is 368 g/mol. The molecule has 1 aliphatic heterocycles. The molecule has 0 saturated carbocycles. The minimum Gasteiger partial charge on any atom is -0.496 e. The maximum Gasteiger partial charge on any atom is 0.142 e. The molecule has 1 N–H and O–H groups in total. The molecule has 27 heavy (non-hydrogen) atoms. The molecule has 0 aromatic heterocycles. The molecular weight excluding hydrogens is 340 g/mol. The second-order valence-electron chi connectivity index (χ2n) is 7.34. The lowest BCUT2D eigenvalue weighted by Gasteiger charge is -2.44. The number of methoxy groups -OCH3 is 2. The molecule has 5 heteroatoms. The molecule has 1 saturated heterocycles. The number of rotatable bonds is 4. The lowest BCUT2D eigenvalue weighted by molar-refractivity contribution is 0.0390. The van der Waals surface area contributed by atoms with Crippen LogP contribution in [0, 0.1) is 0 Å². The average Bonchev–Trinajstić information content (AvgIpc) is 2.73. The van der Waals surface area contributed by atoms with Crippen molar-refractivity contribution in [2.45, 2.75) is 25.0 Å². The molecule has 1 heterocycles. The molecule has 2 aromatic rings. The van der Waals surface area contributed by atoms with E-state index >= 15 is 0 Å². The molecule has 0 spiro atoms. The van der Waals surface area contributed by atoms with Gasteiger partial charge in [-0.1, -0.05) is 24.3 Å². The minimum absolute atomic E-state index is 0.147. The van der Waals surface area contributed by atoms with Crippen LogP contribution in [0.3, 0.4) is 0 Å². The van der Waals surface area contributed by atoms with Gasteiger partial charge in [0.05, 0.1) is 26.0 Å². The fraction of sp³-hybridized carbons (Fsp3) is 0.455. The maximum atomic E-state index is 10.8. The summed E-state index contributed by atoms with van der Waals surface area (Å²) >= 11 is 0. The molecule has 1 fully saturated rings. The van der Waals surface area contributed by atoms with Crippen molar-refractivity contribution in [2.75, 3.05) is 45.3 Å². The number of hydrogen-bond acceptors (Lipinski definition) is 5. The van der Waals surface area contributed by atoms with Gasteiger partial charge < -0.3 is 19.5 Å². The zero-order valence-electron chi connectivity index (χ0n) is 16.1. The van der Waals surface area contributed by atoms with Gasteiger partial charge in [0.1, 0.15) is 11.5 Å². The van der Waals surface area contributed by atoms with Crippen LogP contribution in [0.5, 0.6) is 11.5 Å². The van der Waals surface area contributed by atoms with Crippen molar-refractivity contribution in [1.82, 2.24) is 4.90 Å². The van der Waals surface area contributed by atoms with E-state index in [1.54, 1.807) is 14.2 Å². The van der Waals surface area contributed by atoms with E-state index < -0.39 is 0 Å². The highest BCUT2D eigenvalue weighted by Gasteiger charge is 2.34. The second kappa shape index (κ2) is 7.79. The predicted molar refractivity (Wildman–Crippen MR) is 107 cm³/mol. The SMILES string of the molecule is COc1ccccc1N1CCN(C2Cc3c(cccc3OC)CC2O)CC1. The number of fused-ring (bicyclic) bond motifs is 1. The minimum atomic E-state index is -0.331. The molecule has 5 nitrogen and oxygen atoms in total. The number of piperazine rings is 1. The highest BCUT2D eigenvalue weighted by molar-refractivity contribution is 5.58. The van der Waals surface area contributed by atoms with Gasteiger partial charge in [-0.05, 0) is 35.7 Å². The predicted octanol–water partition coefficient (Wildman–Crippen LogP) is 2.35. The van der Waals surface area contributed by atoms with Crippen molar-refractivity contribution in [3.8, 4) is 11.5 Å². The first-order chi connectivity index (χ1) is 13.2. The Bertz CT molecular complexity index is 787. The summed E-state index contributed by atoms with van der Waals surface area (Å²) in [5, 5.41) is 10.8. The van der Waals surface area contributed by atoms with Gasteiger partial charge in [-0.3, -0.25) is 4.90 Å². The topological polar surface area (TPSA) is 45.2 Å². The van der Waals surface area contributed by atoms with Crippen molar-refractivity contribution in [1.29, 1.82) is 0 Å². The molecule has 0 bridgehead atoms. The number of para-hydroxylation sites is 2. The van der Waals surface area contributed by atoms with Crippen LogP contribution in [0.25, 0.3) is 0 Å². The van der Waals surface area contributed by atoms with E-state index in [9.17, 15) is 5.11 Å². The monoisotopic (exact) mass is 368 g/mol. The van der Waals surface area contributed by atoms with Crippen molar-refractivity contribution >= 4 is 5.69 Å². The summed E-state index contributed by atoms with van der Waals surface area (Å²) in [6, 6.07) is 14.5. The zero-order chi connectivity index (χ0) is 18.8. The van der Waals surface area contributed by atoms with Gasteiger partial charge in [0.25, 0.3) is 0 Å². The van der Waals surface area contributed by atoms with Crippen LogP contribution in [0.4, 0.5) is 5.69 Å². The number of anilines is 1. The lowest BCUT2D eigenvalue weighted by atomic mass is 9.84. The van der Waals surface area contributed by atoms with Crippen LogP contribution >= 0.6 is 0 Å². The summed E-state index contributed by atoms with van der Waals surface area (Å²) in [5.74, 6) is 1.86. The Balaban J connectivity index is 1.47. The Hall–Kier alpha value is -2.24. The van der Waals surface area contributed by atoms with Gasteiger partial charge in [-0.2, -0.15) is 0 Å². The summed E-state index contributed by atoms with van der Waals surface area (Å²) in [6.45, 7) is 3.74. The first-order valence-corrected chi connectivity index (χ1v) is 9.66. The Morgan fingerprint density at radius 1 is 0.852 bits per heavy atom. The molecule has 2 aromatic carbocycles. The first-order valence-electron chi connectivity index (χ1n) is 9.66. The lowest BCUT2D eigenvalue weighted by Crippen LogP contribution is -2.56. The Morgan fingerprint density at radius 3 is 2.30 bits per heavy atom. The van der Waals surface area contributed by atoms with Gasteiger partial charge in [-0.15, -0.1) is 0 Å². The van der Waals surface area contributed by atoms with Crippen LogP contribution in [-0.4, -0.2) is 62.6 Å². The number of aliphatic hydroxyl groups excluding tert-OH is 1. The number of ether oxygens (including phenoxy) is 2. The Kier molecular flexibility index (Phi) is 5.23. The Labute approximate surface area is 161 Å². The molecule has 2 atom stereocenters. The molecule has 2 unspecified atom stereocenters. The number of hydrogen-bond donors (Lipinski definition) is 1. The van der Waals surface area contributed by atoms with Gasteiger partial charge in [0.15, 0.2) is 0 Å². The van der Waals surface area contributed by atoms with Gasteiger partial charge in [-0.25, -0.2) is 0 Å². The van der Waals surface area contributed by atoms with Gasteiger partial charge >= 0.3 is 0 Å². The third-order valence-corrected chi connectivity index (χ3v) is 5.95. The van der Waals surface area contributed by atoms with E-state index in [4.69, 9.17) is 9.47 Å². The number of nitrogens with zero attached hydrogens (tertiary/aromatic N) is 2. The molecule has 2 aliphatic rings. The van der Waals surface area contributed by atoms with Crippen LogP contribution in [0.15, 0.2) is 42.5 Å². The van der Waals surface area contributed by atoms with Crippen molar-refractivity contribution in [2.24, 2.45) is 0 Å². The van der Waals surface area contributed by atoms with Crippen LogP contribution < -0.4 is 14.4 Å². The highest BCUT2D eigenvalue weighted by atomic mass is 16.5. The summed E-state index contributed by atoms with van der Waals surface area (Å²) in [5.41, 5.74) is 3.61. The van der Waals surface area contributed by atoms with Gasteiger partial charge in [0.2, 0.25) is 0 Å². The fourth-order valence-corrected chi connectivity index (χ4v) is 4.49. The smallest absolute Gasteiger partial charge is 0.142 e. The molecule has 4 rings (SSSR count). The van der Waals surface area contributed by atoms with Crippen LogP contribution in [0.2, 0.25) is 0 Å². The maximum absolute atomic E-state index is 10.8. The largest absolute Gasteiger partial charge is 0.496 e. The number of aliphatic hydroxyl groups is 1. The second-order valence-corrected chi connectivity index (χ2v) is 7.34. The molecule has 144 valence electrons. The third kappa shape index (κ3) is 3.49. The zero-order valence-corrected chi connectivity index (χ0v) is 16.1. The molecular formula is C22H28N2O3. The quantitative estimate of drug-likeness (QED) is 0.898. The standard InChI is InChI=1S/C22H28N2O3/c1-26-21-9-5-6-16-14-20(25)19(15-17(16)21)24-12-10-23(11-13-24)18-7-3-4-8-22(18)27-2/h3-9,19-20,25H,10-15H2,1-2H3. The van der Waals surface area contributed by atoms with E-state index in [0.29, 0.717) is 6.42 Å². The van der Waals surface area contributed by atoms with E-state index in [0.717, 1.165) is 49.8 Å². The van der Waals surface area contributed by atoms with E-state index in [1.807, 2.05) is 24.3 Å². The highest BCUT2D eigenvalue weighted by Crippen LogP contribution is 2.33. The molecule has 1 aliphatic carbocycles. The summed E-state index contributed by atoms with van der Waals surface area (Å²) in [7, 11) is 3.44. The summed E-state index contributed by atoms with van der Waals surface area (Å²) in [4.78, 5) is 4.81. The fourth-order valence-electron chi connectivity index (χ4n) is 4.49. The van der Waals surface area contributed by atoms with Crippen LogP contribution in [0.1, 0.15) is 11.1 Å². The van der Waals surface area contributed by atoms with Crippen molar-refractivity contribution in [3.05, 3.63) is 53.6 Å². The van der Waals surface area contributed by atoms with Crippen LogP contribution in [-0.2, 0) is 12.8 Å². The van der Waals surface area contributed by atoms with Crippen molar-refractivity contribution < 1.29 is 14.6 Å². The Morgan fingerprint density at radius 2 is 1.56 bits per heavy atom.